The molecule has 0 N–H and O–H groups in total. The summed E-state index contributed by atoms with van der Waals surface area (Å²) < 4.78 is 5.85. The van der Waals surface area contributed by atoms with Crippen LogP contribution in [0.5, 0.6) is 0 Å². The van der Waals surface area contributed by atoms with Gasteiger partial charge in [-0.1, -0.05) is 32.9 Å². The van der Waals surface area contributed by atoms with Gasteiger partial charge >= 0.3 is 0 Å². The maximum atomic E-state index is 5.85. The van der Waals surface area contributed by atoms with Crippen LogP contribution in [0.1, 0.15) is 33.6 Å². The van der Waals surface area contributed by atoms with Crippen LogP contribution < -0.4 is 0 Å². The van der Waals surface area contributed by atoms with Crippen LogP contribution in [-0.4, -0.2) is 12.2 Å². The highest BCUT2D eigenvalue weighted by Gasteiger charge is 2.41. The minimum Gasteiger partial charge on any atom is -0.370 e. The molecule has 2 rings (SSSR count). The quantitative estimate of drug-likeness (QED) is 0.503. The third kappa shape index (κ3) is 1.31. The van der Waals surface area contributed by atoms with Gasteiger partial charge in [0, 0.05) is 0 Å². The van der Waals surface area contributed by atoms with Crippen LogP contribution in [0.4, 0.5) is 0 Å². The van der Waals surface area contributed by atoms with Gasteiger partial charge in [0.15, 0.2) is 0 Å². The Morgan fingerprint density at radius 2 is 2.08 bits per heavy atom. The molecule has 12 heavy (non-hydrogen) atoms. The number of fused-ring (bicyclic) bond motifs is 2. The Kier molecular flexibility index (Phi) is 1.80. The highest BCUT2D eigenvalue weighted by Crippen LogP contribution is 2.43. The lowest BCUT2D eigenvalue weighted by atomic mass is 9.76. The van der Waals surface area contributed by atoms with Crippen LogP contribution in [-0.2, 0) is 4.74 Å². The fourth-order valence-corrected chi connectivity index (χ4v) is 2.40. The molecule has 68 valence electrons. The maximum Gasteiger partial charge on any atom is 0.0763 e. The first-order valence-electron chi connectivity index (χ1n) is 4.89. The number of hydrogen-bond donors (Lipinski definition) is 0. The minimum atomic E-state index is 0.408. The Hall–Kier alpha value is -0.300. The maximum absolute atomic E-state index is 5.85. The zero-order chi connectivity index (χ0) is 8.77. The topological polar surface area (TPSA) is 9.23 Å². The van der Waals surface area contributed by atoms with Gasteiger partial charge in [-0.2, -0.15) is 0 Å². The van der Waals surface area contributed by atoms with Crippen molar-refractivity contribution in [2.45, 2.75) is 45.8 Å². The average molecular weight is 166 g/mol. The van der Waals surface area contributed by atoms with E-state index in [1.54, 1.807) is 0 Å². The predicted octanol–water partition coefficient (Wildman–Crippen LogP) is 2.77. The van der Waals surface area contributed by atoms with E-state index in [1.807, 2.05) is 0 Å². The molecule has 3 atom stereocenters. The molecule has 2 bridgehead atoms. The van der Waals surface area contributed by atoms with Gasteiger partial charge in [0.1, 0.15) is 0 Å². The second-order valence-electron chi connectivity index (χ2n) is 5.09. The fourth-order valence-electron chi connectivity index (χ4n) is 2.40. The van der Waals surface area contributed by atoms with Crippen LogP contribution >= 0.6 is 0 Å². The van der Waals surface area contributed by atoms with Crippen LogP contribution in [0.15, 0.2) is 12.2 Å². The normalized spacial score (nSPS) is 40.4. The average Bonchev–Trinajstić information content (AvgIpc) is 2.25. The zero-order valence-corrected chi connectivity index (χ0v) is 8.21. The second-order valence-corrected chi connectivity index (χ2v) is 5.09. The SMILES string of the molecule is CC(C)(C)C1CC2C=CCC1O2. The highest BCUT2D eigenvalue weighted by atomic mass is 16.5. The van der Waals surface area contributed by atoms with Crippen molar-refractivity contribution in [3.8, 4) is 0 Å². The Bertz CT molecular complexity index is 200. The molecule has 1 heteroatoms. The van der Waals surface area contributed by atoms with Crippen molar-refractivity contribution in [2.75, 3.05) is 0 Å². The number of ether oxygens (including phenoxy) is 1. The molecule has 0 radical (unpaired) electrons. The van der Waals surface area contributed by atoms with E-state index in [0.29, 0.717) is 17.6 Å². The zero-order valence-electron chi connectivity index (χ0n) is 8.21. The van der Waals surface area contributed by atoms with Crippen molar-refractivity contribution in [1.29, 1.82) is 0 Å². The molecule has 3 unspecified atom stereocenters. The molecule has 2 heterocycles. The van der Waals surface area contributed by atoms with Gasteiger partial charge in [-0.05, 0) is 24.2 Å². The second kappa shape index (κ2) is 2.59. The van der Waals surface area contributed by atoms with E-state index in [4.69, 9.17) is 4.74 Å². The third-order valence-corrected chi connectivity index (χ3v) is 3.12. The Balaban J connectivity index is 2.13. The summed E-state index contributed by atoms with van der Waals surface area (Å²) in [6.07, 6.45) is 7.78. The van der Waals surface area contributed by atoms with E-state index in [2.05, 4.69) is 32.9 Å². The number of hydrogen-bond acceptors (Lipinski definition) is 1. The molecule has 0 aliphatic carbocycles. The molecule has 0 amide bonds. The Labute approximate surface area is 74.8 Å². The van der Waals surface area contributed by atoms with E-state index in [0.717, 1.165) is 12.3 Å². The van der Waals surface area contributed by atoms with E-state index in [-0.39, 0.29) is 0 Å². The molecule has 1 fully saturated rings. The molecule has 0 aromatic rings. The van der Waals surface area contributed by atoms with Gasteiger partial charge in [-0.25, -0.2) is 0 Å². The summed E-state index contributed by atoms with van der Waals surface area (Å²) in [6, 6.07) is 0. The van der Waals surface area contributed by atoms with Gasteiger partial charge in [0.05, 0.1) is 12.2 Å². The first-order chi connectivity index (χ1) is 5.57. The summed E-state index contributed by atoms with van der Waals surface area (Å²) in [6.45, 7) is 6.96. The summed E-state index contributed by atoms with van der Waals surface area (Å²) >= 11 is 0. The lowest BCUT2D eigenvalue weighted by molar-refractivity contribution is 0.0304. The predicted molar refractivity (Wildman–Crippen MR) is 50.0 cm³/mol. The molecule has 0 aromatic carbocycles. The first kappa shape index (κ1) is 8.31. The van der Waals surface area contributed by atoms with Crippen LogP contribution in [0.25, 0.3) is 0 Å². The largest absolute Gasteiger partial charge is 0.370 e. The number of rotatable bonds is 0. The summed E-state index contributed by atoms with van der Waals surface area (Å²) in [5.41, 5.74) is 0.408. The summed E-state index contributed by atoms with van der Waals surface area (Å²) in [7, 11) is 0. The van der Waals surface area contributed by atoms with E-state index in [9.17, 15) is 0 Å². The molecule has 2 aliphatic rings. The van der Waals surface area contributed by atoms with Crippen molar-refractivity contribution in [3.63, 3.8) is 0 Å². The van der Waals surface area contributed by atoms with Crippen molar-refractivity contribution in [1.82, 2.24) is 0 Å². The summed E-state index contributed by atoms with van der Waals surface area (Å²) in [5, 5.41) is 0. The standard InChI is InChI=1S/C11H18O/c1-11(2,3)9-7-8-5-4-6-10(9)12-8/h4-5,8-10H,6-7H2,1-3H3. The van der Waals surface area contributed by atoms with Crippen molar-refractivity contribution < 1.29 is 4.74 Å². The van der Waals surface area contributed by atoms with Gasteiger partial charge in [-0.15, -0.1) is 0 Å². The minimum absolute atomic E-state index is 0.408. The molecule has 1 saturated heterocycles. The van der Waals surface area contributed by atoms with Crippen LogP contribution in [0.2, 0.25) is 0 Å². The van der Waals surface area contributed by atoms with E-state index < -0.39 is 0 Å². The van der Waals surface area contributed by atoms with Crippen molar-refractivity contribution in [3.05, 3.63) is 12.2 Å². The van der Waals surface area contributed by atoms with Crippen LogP contribution in [0.3, 0.4) is 0 Å². The Morgan fingerprint density at radius 1 is 1.33 bits per heavy atom. The van der Waals surface area contributed by atoms with E-state index >= 15 is 0 Å². The smallest absolute Gasteiger partial charge is 0.0763 e. The van der Waals surface area contributed by atoms with Gasteiger partial charge in [0.25, 0.3) is 0 Å². The fraction of sp³-hybridized carbons (Fsp3) is 0.818. The molecule has 1 nitrogen and oxygen atoms in total. The molecular weight excluding hydrogens is 148 g/mol. The van der Waals surface area contributed by atoms with Gasteiger partial charge in [0.2, 0.25) is 0 Å². The summed E-state index contributed by atoms with van der Waals surface area (Å²) in [4.78, 5) is 0. The van der Waals surface area contributed by atoms with Crippen molar-refractivity contribution >= 4 is 0 Å². The Morgan fingerprint density at radius 3 is 2.67 bits per heavy atom. The third-order valence-electron chi connectivity index (χ3n) is 3.12. The highest BCUT2D eigenvalue weighted by molar-refractivity contribution is 5.05. The lowest BCUT2D eigenvalue weighted by Gasteiger charge is -2.30. The molecule has 0 aromatic heterocycles. The lowest BCUT2D eigenvalue weighted by Crippen LogP contribution is -2.28. The monoisotopic (exact) mass is 166 g/mol. The molecule has 0 spiro atoms. The molecule has 0 saturated carbocycles. The molecule has 2 aliphatic heterocycles. The summed E-state index contributed by atoms with van der Waals surface area (Å²) in [5.74, 6) is 0.748. The van der Waals surface area contributed by atoms with Gasteiger partial charge < -0.3 is 4.74 Å². The van der Waals surface area contributed by atoms with Gasteiger partial charge in [-0.3, -0.25) is 0 Å². The first-order valence-corrected chi connectivity index (χ1v) is 4.89. The van der Waals surface area contributed by atoms with Crippen LogP contribution in [0, 0.1) is 11.3 Å². The molecular formula is C11H18O. The van der Waals surface area contributed by atoms with Crippen molar-refractivity contribution in [2.24, 2.45) is 11.3 Å². The van der Waals surface area contributed by atoms with E-state index in [1.165, 1.54) is 6.42 Å².